The Morgan fingerprint density at radius 3 is 2.25 bits per heavy atom. The van der Waals surface area contributed by atoms with Crippen LogP contribution in [0.25, 0.3) is 0 Å². The average Bonchev–Trinajstić information content (AvgIpc) is 2.68. The van der Waals surface area contributed by atoms with Gasteiger partial charge in [0.25, 0.3) is 5.91 Å². The third-order valence-electron chi connectivity index (χ3n) is 4.85. The number of carbonyl (C=O) groups is 3. The predicted molar refractivity (Wildman–Crippen MR) is 101 cm³/mol. The van der Waals surface area contributed by atoms with Crippen LogP contribution >= 0.6 is 0 Å². The van der Waals surface area contributed by atoms with Crippen LogP contribution in [0.2, 0.25) is 0 Å². The second-order valence-electron chi connectivity index (χ2n) is 6.75. The zero-order chi connectivity index (χ0) is 20.1. The molecular formula is C21H21FN2O4. The van der Waals surface area contributed by atoms with Crippen LogP contribution < -0.4 is 5.32 Å². The van der Waals surface area contributed by atoms with Gasteiger partial charge in [0.15, 0.2) is 0 Å². The molecule has 146 valence electrons. The van der Waals surface area contributed by atoms with E-state index in [4.69, 9.17) is 0 Å². The Hall–Kier alpha value is -3.22. The summed E-state index contributed by atoms with van der Waals surface area (Å²) in [5.74, 6) is -2.21. The number of carboxylic acid groups (broad SMARTS) is 1. The fraction of sp³-hybridized carbons (Fsp3) is 0.286. The molecule has 1 saturated heterocycles. The van der Waals surface area contributed by atoms with E-state index in [9.17, 15) is 23.9 Å². The van der Waals surface area contributed by atoms with Gasteiger partial charge < -0.3 is 15.3 Å². The molecule has 2 N–H and O–H groups in total. The van der Waals surface area contributed by atoms with Crippen molar-refractivity contribution in [2.45, 2.75) is 25.3 Å². The Morgan fingerprint density at radius 1 is 1.00 bits per heavy atom. The molecule has 0 atom stereocenters. The Labute approximate surface area is 162 Å². The second kappa shape index (κ2) is 8.65. The standard InChI is InChI=1S/C21H21FN2O4/c22-18-8-4-3-7-17(18)20(26)24-11-9-15(10-12-24)23-19(25)13-14-5-1-2-6-16(14)21(27)28/h1-8,15H,9-13H2,(H,23,25)(H,27,28). The van der Waals surface area contributed by atoms with E-state index in [2.05, 4.69) is 5.32 Å². The van der Waals surface area contributed by atoms with Gasteiger partial charge in [-0.3, -0.25) is 9.59 Å². The summed E-state index contributed by atoms with van der Waals surface area (Å²) in [4.78, 5) is 37.6. The van der Waals surface area contributed by atoms with E-state index in [-0.39, 0.29) is 35.4 Å². The molecule has 7 heteroatoms. The normalized spacial score (nSPS) is 14.5. The summed E-state index contributed by atoms with van der Waals surface area (Å²) < 4.78 is 13.8. The highest BCUT2D eigenvalue weighted by Gasteiger charge is 2.26. The van der Waals surface area contributed by atoms with E-state index >= 15 is 0 Å². The Morgan fingerprint density at radius 2 is 1.61 bits per heavy atom. The van der Waals surface area contributed by atoms with Gasteiger partial charge in [-0.25, -0.2) is 9.18 Å². The number of carboxylic acids is 1. The highest BCUT2D eigenvalue weighted by atomic mass is 19.1. The van der Waals surface area contributed by atoms with Crippen molar-refractivity contribution in [1.82, 2.24) is 10.2 Å². The van der Waals surface area contributed by atoms with Crippen molar-refractivity contribution in [1.29, 1.82) is 0 Å². The molecule has 0 spiro atoms. The zero-order valence-corrected chi connectivity index (χ0v) is 15.2. The maximum atomic E-state index is 13.8. The molecule has 1 fully saturated rings. The highest BCUT2D eigenvalue weighted by Crippen LogP contribution is 2.16. The summed E-state index contributed by atoms with van der Waals surface area (Å²) in [6.45, 7) is 0.841. The van der Waals surface area contributed by atoms with Gasteiger partial charge in [-0.2, -0.15) is 0 Å². The molecule has 1 aliphatic rings. The monoisotopic (exact) mass is 384 g/mol. The lowest BCUT2D eigenvalue weighted by atomic mass is 10.0. The molecule has 0 radical (unpaired) electrons. The van der Waals surface area contributed by atoms with E-state index in [1.165, 1.54) is 24.3 Å². The minimum Gasteiger partial charge on any atom is -0.478 e. The number of hydrogen-bond donors (Lipinski definition) is 2. The van der Waals surface area contributed by atoms with Gasteiger partial charge in [0.2, 0.25) is 5.91 Å². The lowest BCUT2D eigenvalue weighted by Gasteiger charge is -2.32. The average molecular weight is 384 g/mol. The van der Waals surface area contributed by atoms with Crippen molar-refractivity contribution < 1.29 is 23.9 Å². The van der Waals surface area contributed by atoms with Crippen molar-refractivity contribution in [2.24, 2.45) is 0 Å². The van der Waals surface area contributed by atoms with Gasteiger partial charge in [0.05, 0.1) is 17.5 Å². The van der Waals surface area contributed by atoms with Crippen LogP contribution in [0.4, 0.5) is 4.39 Å². The van der Waals surface area contributed by atoms with Crippen molar-refractivity contribution >= 4 is 17.8 Å². The number of amides is 2. The van der Waals surface area contributed by atoms with Crippen LogP contribution in [0.5, 0.6) is 0 Å². The van der Waals surface area contributed by atoms with Crippen molar-refractivity contribution in [2.75, 3.05) is 13.1 Å². The van der Waals surface area contributed by atoms with Gasteiger partial charge in [-0.1, -0.05) is 30.3 Å². The summed E-state index contributed by atoms with van der Waals surface area (Å²) >= 11 is 0. The summed E-state index contributed by atoms with van der Waals surface area (Å²) in [6.07, 6.45) is 1.11. The molecule has 0 bridgehead atoms. The van der Waals surface area contributed by atoms with Crippen molar-refractivity contribution in [3.05, 3.63) is 71.0 Å². The lowest BCUT2D eigenvalue weighted by molar-refractivity contribution is -0.121. The predicted octanol–water partition coefficient (Wildman–Crippen LogP) is 2.49. The zero-order valence-electron chi connectivity index (χ0n) is 15.2. The van der Waals surface area contributed by atoms with Crippen molar-refractivity contribution in [3.8, 4) is 0 Å². The van der Waals surface area contributed by atoms with Gasteiger partial charge in [0.1, 0.15) is 5.82 Å². The second-order valence-corrected chi connectivity index (χ2v) is 6.75. The van der Waals surface area contributed by atoms with Crippen LogP contribution in [0.1, 0.15) is 39.1 Å². The molecule has 3 rings (SSSR count). The third kappa shape index (κ3) is 4.54. The third-order valence-corrected chi connectivity index (χ3v) is 4.85. The van der Waals surface area contributed by atoms with E-state index in [1.54, 1.807) is 29.2 Å². The summed E-state index contributed by atoms with van der Waals surface area (Å²) in [5, 5.41) is 12.1. The number of carbonyl (C=O) groups excluding carboxylic acids is 2. The quantitative estimate of drug-likeness (QED) is 0.829. The minimum atomic E-state index is -1.07. The maximum Gasteiger partial charge on any atom is 0.335 e. The first kappa shape index (κ1) is 19.5. The highest BCUT2D eigenvalue weighted by molar-refractivity contribution is 5.94. The number of benzene rings is 2. The van der Waals surface area contributed by atoms with Gasteiger partial charge in [-0.15, -0.1) is 0 Å². The SMILES string of the molecule is O=C(Cc1ccccc1C(=O)O)NC1CCN(C(=O)c2ccccc2F)CC1. The number of hydrogen-bond acceptors (Lipinski definition) is 3. The molecule has 1 aliphatic heterocycles. The molecule has 2 amide bonds. The molecule has 0 aromatic heterocycles. The minimum absolute atomic E-state index is 0.0170. The van der Waals surface area contributed by atoms with Crippen LogP contribution in [0.15, 0.2) is 48.5 Å². The van der Waals surface area contributed by atoms with Crippen LogP contribution in [0, 0.1) is 5.82 Å². The van der Waals surface area contributed by atoms with Gasteiger partial charge in [0, 0.05) is 19.1 Å². The number of likely N-dealkylation sites (tertiary alicyclic amines) is 1. The van der Waals surface area contributed by atoms with E-state index in [0.717, 1.165) is 0 Å². The summed E-state index contributed by atoms with van der Waals surface area (Å²) in [6, 6.07) is 12.2. The number of piperidine rings is 1. The number of nitrogens with zero attached hydrogens (tertiary/aromatic N) is 1. The van der Waals surface area contributed by atoms with Crippen molar-refractivity contribution in [3.63, 3.8) is 0 Å². The molecule has 6 nitrogen and oxygen atoms in total. The topological polar surface area (TPSA) is 86.7 Å². The van der Waals surface area contributed by atoms with Crippen LogP contribution in [-0.4, -0.2) is 46.9 Å². The fourth-order valence-corrected chi connectivity index (χ4v) is 3.37. The molecule has 0 aliphatic carbocycles. The van der Waals surface area contributed by atoms with Crippen LogP contribution in [-0.2, 0) is 11.2 Å². The molecule has 1 heterocycles. The first-order chi connectivity index (χ1) is 13.5. The summed E-state index contributed by atoms with van der Waals surface area (Å²) in [5.41, 5.74) is 0.623. The van der Waals surface area contributed by atoms with E-state index in [1.807, 2.05) is 0 Å². The smallest absolute Gasteiger partial charge is 0.335 e. The largest absolute Gasteiger partial charge is 0.478 e. The number of rotatable bonds is 5. The van der Waals surface area contributed by atoms with Gasteiger partial charge in [-0.05, 0) is 36.6 Å². The molecule has 28 heavy (non-hydrogen) atoms. The molecule has 2 aromatic rings. The Kier molecular flexibility index (Phi) is 6.03. The first-order valence-corrected chi connectivity index (χ1v) is 9.10. The Balaban J connectivity index is 1.53. The molecule has 0 saturated carbocycles. The number of nitrogens with one attached hydrogen (secondary N) is 1. The van der Waals surface area contributed by atoms with E-state index in [0.29, 0.717) is 31.5 Å². The number of aromatic carboxylic acids is 1. The number of halogens is 1. The summed E-state index contributed by atoms with van der Waals surface area (Å²) in [7, 11) is 0. The first-order valence-electron chi connectivity index (χ1n) is 9.10. The fourth-order valence-electron chi connectivity index (χ4n) is 3.37. The molecule has 0 unspecified atom stereocenters. The van der Waals surface area contributed by atoms with Gasteiger partial charge >= 0.3 is 5.97 Å². The van der Waals surface area contributed by atoms with E-state index < -0.39 is 11.8 Å². The van der Waals surface area contributed by atoms with Crippen LogP contribution in [0.3, 0.4) is 0 Å². The Bertz CT molecular complexity index is 891. The maximum absolute atomic E-state index is 13.8. The molecule has 2 aromatic carbocycles. The molecular weight excluding hydrogens is 363 g/mol. The lowest BCUT2D eigenvalue weighted by Crippen LogP contribution is -2.47.